The summed E-state index contributed by atoms with van der Waals surface area (Å²) in [5.74, 6) is 0.00940. The quantitative estimate of drug-likeness (QED) is 0.511. The second kappa shape index (κ2) is 10.7. The number of hydrogen-bond acceptors (Lipinski definition) is 6. The van der Waals surface area contributed by atoms with E-state index in [0.717, 1.165) is 12.0 Å². The highest BCUT2D eigenvalue weighted by Gasteiger charge is 2.39. The van der Waals surface area contributed by atoms with Crippen molar-refractivity contribution in [3.8, 4) is 0 Å². The van der Waals surface area contributed by atoms with Crippen molar-refractivity contribution < 1.29 is 17.9 Å². The van der Waals surface area contributed by atoms with Crippen LogP contribution in [0.15, 0.2) is 58.2 Å². The van der Waals surface area contributed by atoms with Gasteiger partial charge in [0, 0.05) is 20.2 Å². The Bertz CT molecular complexity index is 1350. The van der Waals surface area contributed by atoms with Gasteiger partial charge in [0.15, 0.2) is 0 Å². The largest absolute Gasteiger partial charge is 0.383 e. The number of amides is 1. The topological polar surface area (TPSA) is 113 Å². The van der Waals surface area contributed by atoms with Crippen LogP contribution in [-0.4, -0.2) is 66.3 Å². The number of hydrogen-bond donors (Lipinski definition) is 1. The van der Waals surface area contributed by atoms with Crippen molar-refractivity contribution in [2.75, 3.05) is 26.8 Å². The number of aromatic nitrogens is 2. The number of methoxy groups -OCH3 is 1. The molecular weight excluding hydrogens is 468 g/mol. The van der Waals surface area contributed by atoms with E-state index in [0.29, 0.717) is 29.6 Å². The zero-order valence-electron chi connectivity index (χ0n) is 19.9. The smallest absolute Gasteiger partial charge is 0.258 e. The second-order valence-corrected chi connectivity index (χ2v) is 10.6. The molecule has 0 aliphatic carbocycles. The maximum atomic E-state index is 13.7. The zero-order chi connectivity index (χ0) is 25.0. The first-order valence-electron chi connectivity index (χ1n) is 11.7. The van der Waals surface area contributed by atoms with E-state index in [-0.39, 0.29) is 42.6 Å². The summed E-state index contributed by atoms with van der Waals surface area (Å²) in [7, 11) is -2.32. The van der Waals surface area contributed by atoms with Crippen LogP contribution in [0.3, 0.4) is 0 Å². The molecule has 0 spiro atoms. The highest BCUT2D eigenvalue weighted by molar-refractivity contribution is 7.89. The van der Waals surface area contributed by atoms with Crippen LogP contribution in [0, 0.1) is 6.92 Å². The van der Waals surface area contributed by atoms with Crippen molar-refractivity contribution in [2.45, 2.75) is 43.7 Å². The Hall–Kier alpha value is -3.08. The molecule has 1 fully saturated rings. The zero-order valence-corrected chi connectivity index (χ0v) is 20.8. The molecule has 1 aliphatic rings. The molecule has 1 aliphatic heterocycles. The van der Waals surface area contributed by atoms with Gasteiger partial charge in [-0.25, -0.2) is 13.4 Å². The Morgan fingerprint density at radius 2 is 1.91 bits per heavy atom. The number of carbonyl (C=O) groups excluding carboxylic acids is 1. The molecule has 9 nitrogen and oxygen atoms in total. The second-order valence-electron chi connectivity index (χ2n) is 8.72. The third-order valence-corrected chi connectivity index (χ3v) is 8.17. The number of H-pyrrole nitrogens is 1. The van der Waals surface area contributed by atoms with Crippen molar-refractivity contribution in [1.29, 1.82) is 0 Å². The van der Waals surface area contributed by atoms with Gasteiger partial charge in [-0.3, -0.25) is 9.59 Å². The summed E-state index contributed by atoms with van der Waals surface area (Å²) < 4.78 is 33.5. The predicted molar refractivity (Wildman–Crippen MR) is 132 cm³/mol. The number of nitrogens with one attached hydrogen (secondary N) is 1. The summed E-state index contributed by atoms with van der Waals surface area (Å²) in [6.07, 6.45) is 1.86. The molecular formula is C25H30N4O5S. The van der Waals surface area contributed by atoms with E-state index in [1.165, 1.54) is 16.3 Å². The number of sulfonamides is 1. The monoisotopic (exact) mass is 498 g/mol. The Balaban J connectivity index is 1.64. The van der Waals surface area contributed by atoms with Gasteiger partial charge in [0.2, 0.25) is 15.9 Å². The van der Waals surface area contributed by atoms with E-state index in [9.17, 15) is 18.0 Å². The van der Waals surface area contributed by atoms with Gasteiger partial charge in [0.25, 0.3) is 5.56 Å². The van der Waals surface area contributed by atoms with E-state index in [2.05, 4.69) is 9.97 Å². The van der Waals surface area contributed by atoms with Gasteiger partial charge < -0.3 is 14.6 Å². The molecule has 0 radical (unpaired) electrons. The molecule has 1 aromatic heterocycles. The third kappa shape index (κ3) is 5.44. The number of aryl methyl sites for hydroxylation is 1. The number of carbonyl (C=O) groups is 1. The first-order valence-corrected chi connectivity index (χ1v) is 13.1. The fourth-order valence-electron chi connectivity index (χ4n) is 4.36. The molecule has 1 N–H and O–H groups in total. The minimum absolute atomic E-state index is 0.0389. The summed E-state index contributed by atoms with van der Waals surface area (Å²) in [6.45, 7) is 2.71. The normalized spacial score (nSPS) is 16.9. The highest BCUT2D eigenvalue weighted by atomic mass is 32.2. The van der Waals surface area contributed by atoms with Crippen molar-refractivity contribution in [3.05, 3.63) is 70.3 Å². The molecule has 1 saturated heterocycles. The maximum Gasteiger partial charge on any atom is 0.258 e. The fourth-order valence-corrected chi connectivity index (χ4v) is 6.01. The summed E-state index contributed by atoms with van der Waals surface area (Å²) in [5.41, 5.74) is 1.20. The third-order valence-electron chi connectivity index (χ3n) is 6.25. The molecule has 1 atom stereocenters. The number of benzene rings is 2. The van der Waals surface area contributed by atoms with Crippen molar-refractivity contribution >= 4 is 26.8 Å². The number of piperidine rings is 1. The SMILES string of the molecule is COCCN(Cc1nc2ccccc2c(=O)[nH]1)C(=O)C1CCCCN1S(=O)(=O)c1ccc(C)cc1. The maximum absolute atomic E-state index is 13.7. The van der Waals surface area contributed by atoms with Crippen LogP contribution in [0.25, 0.3) is 10.9 Å². The number of aromatic amines is 1. The minimum Gasteiger partial charge on any atom is -0.383 e. The highest BCUT2D eigenvalue weighted by Crippen LogP contribution is 2.27. The van der Waals surface area contributed by atoms with Crippen LogP contribution < -0.4 is 5.56 Å². The molecule has 1 unspecified atom stereocenters. The summed E-state index contributed by atoms with van der Waals surface area (Å²) >= 11 is 0. The first kappa shape index (κ1) is 25.0. The number of ether oxygens (including phenoxy) is 1. The fraction of sp³-hybridized carbons (Fsp3) is 0.400. The molecule has 0 bridgehead atoms. The lowest BCUT2D eigenvalue weighted by Crippen LogP contribution is -2.53. The Kier molecular flexibility index (Phi) is 7.63. The lowest BCUT2D eigenvalue weighted by Gasteiger charge is -2.36. The average molecular weight is 499 g/mol. The van der Waals surface area contributed by atoms with Crippen LogP contribution in [0.1, 0.15) is 30.7 Å². The van der Waals surface area contributed by atoms with Crippen LogP contribution in [-0.2, 0) is 26.1 Å². The van der Waals surface area contributed by atoms with Crippen LogP contribution in [0.2, 0.25) is 0 Å². The van der Waals surface area contributed by atoms with Gasteiger partial charge in [-0.1, -0.05) is 36.2 Å². The molecule has 2 heterocycles. The van der Waals surface area contributed by atoms with Gasteiger partial charge in [-0.2, -0.15) is 4.31 Å². The van der Waals surface area contributed by atoms with Gasteiger partial charge in [-0.15, -0.1) is 0 Å². The van der Waals surface area contributed by atoms with Crippen LogP contribution >= 0.6 is 0 Å². The number of fused-ring (bicyclic) bond motifs is 1. The van der Waals surface area contributed by atoms with E-state index >= 15 is 0 Å². The van der Waals surface area contributed by atoms with E-state index < -0.39 is 16.1 Å². The molecule has 35 heavy (non-hydrogen) atoms. The van der Waals surface area contributed by atoms with E-state index in [1.807, 2.05) is 6.92 Å². The Morgan fingerprint density at radius 3 is 2.66 bits per heavy atom. The Morgan fingerprint density at radius 1 is 1.17 bits per heavy atom. The lowest BCUT2D eigenvalue weighted by molar-refractivity contribution is -0.137. The molecule has 1 amide bonds. The lowest BCUT2D eigenvalue weighted by atomic mass is 10.0. The van der Waals surface area contributed by atoms with Gasteiger partial charge >= 0.3 is 0 Å². The predicted octanol–water partition coefficient (Wildman–Crippen LogP) is 2.45. The van der Waals surface area contributed by atoms with Crippen LogP contribution in [0.5, 0.6) is 0 Å². The van der Waals surface area contributed by atoms with Crippen molar-refractivity contribution in [1.82, 2.24) is 19.2 Å². The molecule has 0 saturated carbocycles. The van der Waals surface area contributed by atoms with Gasteiger partial charge in [0.1, 0.15) is 11.9 Å². The number of rotatable bonds is 8. The summed E-state index contributed by atoms with van der Waals surface area (Å²) in [5, 5.41) is 0.466. The van der Waals surface area contributed by atoms with Crippen molar-refractivity contribution in [2.24, 2.45) is 0 Å². The standard InChI is InChI=1S/C25H30N4O5S/c1-18-10-12-19(13-11-18)35(32,33)29-14-6-5-9-22(29)25(31)28(15-16-34-2)17-23-26-21-8-4-3-7-20(21)24(30)27-23/h3-4,7-8,10-13,22H,5-6,9,14-17H2,1-2H3,(H,26,27,30). The van der Waals surface area contributed by atoms with Gasteiger partial charge in [-0.05, 0) is 44.0 Å². The van der Waals surface area contributed by atoms with Gasteiger partial charge in [0.05, 0.1) is 29.0 Å². The number of para-hydroxylation sites is 1. The molecule has 186 valence electrons. The molecule has 3 aromatic rings. The van der Waals surface area contributed by atoms with E-state index in [1.54, 1.807) is 48.5 Å². The number of nitrogens with zero attached hydrogens (tertiary/aromatic N) is 3. The average Bonchev–Trinajstić information content (AvgIpc) is 2.86. The summed E-state index contributed by atoms with van der Waals surface area (Å²) in [4.78, 5) is 35.2. The summed E-state index contributed by atoms with van der Waals surface area (Å²) in [6, 6.07) is 12.8. The Labute approximate surface area is 204 Å². The molecule has 4 rings (SSSR count). The van der Waals surface area contributed by atoms with Crippen LogP contribution in [0.4, 0.5) is 0 Å². The molecule has 10 heteroatoms. The minimum atomic E-state index is -3.85. The first-order chi connectivity index (χ1) is 16.8. The van der Waals surface area contributed by atoms with Crippen molar-refractivity contribution in [3.63, 3.8) is 0 Å². The molecule has 2 aromatic carbocycles. The van der Waals surface area contributed by atoms with E-state index in [4.69, 9.17) is 4.74 Å².